The topological polar surface area (TPSA) is 95.6 Å². The molecule has 0 spiro atoms. The van der Waals surface area contributed by atoms with Gasteiger partial charge in [0.05, 0.1) is 0 Å². The molecule has 3 rings (SSSR count). The molecule has 0 heterocycles. The highest BCUT2D eigenvalue weighted by Crippen LogP contribution is 2.22. The number of carbonyl (C=O) groups excluding carboxylic acids is 3. The lowest BCUT2D eigenvalue weighted by molar-refractivity contribution is -0.125. The molecule has 1 fully saturated rings. The summed E-state index contributed by atoms with van der Waals surface area (Å²) < 4.78 is 12.7. The Balaban J connectivity index is 1.66. The number of aryl methyl sites for hydroxylation is 1. The summed E-state index contributed by atoms with van der Waals surface area (Å²) in [5.74, 6) is -1.92. The minimum atomic E-state index is -1.75. The Morgan fingerprint density at radius 2 is 1.65 bits per heavy atom. The molecule has 0 unspecified atom stereocenters. The van der Waals surface area contributed by atoms with E-state index < -0.39 is 28.7 Å². The Morgan fingerprint density at radius 1 is 1.03 bits per heavy atom. The van der Waals surface area contributed by atoms with Crippen LogP contribution in [0.5, 0.6) is 0 Å². The van der Waals surface area contributed by atoms with E-state index >= 15 is 0 Å². The van der Waals surface area contributed by atoms with Crippen molar-refractivity contribution < 1.29 is 18.6 Å². The zero-order valence-corrected chi connectivity index (χ0v) is 21.0. The van der Waals surface area contributed by atoms with Crippen LogP contribution in [0.3, 0.4) is 0 Å². The number of hydrogen-bond acceptors (Lipinski definition) is 4. The first-order valence-corrected chi connectivity index (χ1v) is 13.2. The highest BCUT2D eigenvalue weighted by atomic mass is 35.5. The number of hydrogen-bond donors (Lipinski definition) is 2. The van der Waals surface area contributed by atoms with Gasteiger partial charge in [0.1, 0.15) is 17.5 Å². The molecule has 1 saturated carbocycles. The molecule has 0 radical (unpaired) electrons. The minimum absolute atomic E-state index is 0.108. The zero-order chi connectivity index (χ0) is 24.7. The van der Waals surface area contributed by atoms with Crippen LogP contribution in [0.2, 0.25) is 5.02 Å². The van der Waals surface area contributed by atoms with Gasteiger partial charge in [0.15, 0.2) is 0 Å². The average Bonchev–Trinajstić information content (AvgIpc) is 3.29. The second kappa shape index (κ2) is 12.1. The number of halogens is 1. The van der Waals surface area contributed by atoms with Gasteiger partial charge in [-0.3, -0.25) is 23.5 Å². The van der Waals surface area contributed by atoms with Gasteiger partial charge in [0, 0.05) is 33.2 Å². The Morgan fingerprint density at radius 3 is 2.26 bits per heavy atom. The molecule has 34 heavy (non-hydrogen) atoms. The van der Waals surface area contributed by atoms with Crippen LogP contribution in [0.25, 0.3) is 0 Å². The van der Waals surface area contributed by atoms with Gasteiger partial charge in [0.25, 0.3) is 0 Å². The summed E-state index contributed by atoms with van der Waals surface area (Å²) in [7, 11) is -1.75. The Labute approximate surface area is 207 Å². The van der Waals surface area contributed by atoms with Gasteiger partial charge in [-0.05, 0) is 63.1 Å². The van der Waals surface area contributed by atoms with Crippen LogP contribution >= 0.6 is 11.6 Å². The predicted molar refractivity (Wildman–Crippen MR) is 136 cm³/mol. The van der Waals surface area contributed by atoms with Crippen LogP contribution in [0, 0.1) is 6.92 Å². The number of amides is 3. The number of rotatable bonds is 9. The lowest BCUT2D eigenvalue weighted by atomic mass is 10.1. The Bertz CT molecular complexity index is 1040. The second-order valence-electron chi connectivity index (χ2n) is 8.55. The van der Waals surface area contributed by atoms with Gasteiger partial charge in [-0.25, -0.2) is 0 Å². The van der Waals surface area contributed by atoms with Crippen molar-refractivity contribution in [1.29, 1.82) is 0 Å². The molecular formula is C25H30ClN3O4S. The molecule has 7 nitrogen and oxygen atoms in total. The molecule has 0 saturated heterocycles. The van der Waals surface area contributed by atoms with Crippen molar-refractivity contribution in [2.75, 3.05) is 21.7 Å². The smallest absolute Gasteiger partial charge is 0.243 e. The molecule has 182 valence electrons. The first-order valence-electron chi connectivity index (χ1n) is 11.3. The summed E-state index contributed by atoms with van der Waals surface area (Å²) in [5.41, 5.74) is 2.13. The highest BCUT2D eigenvalue weighted by molar-refractivity contribution is 7.86. The fraction of sp³-hybridized carbons (Fsp3) is 0.400. The largest absolute Gasteiger partial charge is 0.352 e. The fourth-order valence-electron chi connectivity index (χ4n) is 3.93. The number of nitrogens with one attached hydrogen (secondary N) is 2. The maximum Gasteiger partial charge on any atom is 0.243 e. The lowest BCUT2D eigenvalue weighted by Gasteiger charge is -2.29. The van der Waals surface area contributed by atoms with Crippen molar-refractivity contribution in [3.05, 3.63) is 59.1 Å². The van der Waals surface area contributed by atoms with E-state index in [1.54, 1.807) is 43.3 Å². The summed E-state index contributed by atoms with van der Waals surface area (Å²) in [4.78, 5) is 39.7. The van der Waals surface area contributed by atoms with Crippen molar-refractivity contribution in [2.45, 2.75) is 51.6 Å². The molecule has 2 N–H and O–H groups in total. The number of anilines is 2. The Hall–Kier alpha value is -2.71. The first-order chi connectivity index (χ1) is 16.2. The number of nitrogens with zero attached hydrogens (tertiary/aromatic N) is 1. The van der Waals surface area contributed by atoms with E-state index in [0.717, 1.165) is 31.2 Å². The predicted octanol–water partition coefficient (Wildman–Crippen LogP) is 3.82. The molecule has 0 aliphatic heterocycles. The minimum Gasteiger partial charge on any atom is -0.352 e. The molecule has 2 aromatic rings. The standard InChI is InChI=1S/C25H30ClN3O4S/c1-17-7-11-21(12-8-17)27-23(30)15-34(33)16-24(31)29(22-13-9-19(26)10-14-22)18(2)25(32)28-20-5-3-4-6-20/h7-14,18,20H,3-6,15-16H2,1-2H3,(H,27,30)(H,28,32)/t18-,34+/m1/s1. The molecule has 2 atom stereocenters. The summed E-state index contributed by atoms with van der Waals surface area (Å²) in [6.07, 6.45) is 3.99. The van der Waals surface area contributed by atoms with Crippen molar-refractivity contribution >= 4 is 51.5 Å². The summed E-state index contributed by atoms with van der Waals surface area (Å²) in [6, 6.07) is 13.1. The van der Waals surface area contributed by atoms with E-state index in [4.69, 9.17) is 11.6 Å². The van der Waals surface area contributed by atoms with Gasteiger partial charge in [-0.15, -0.1) is 0 Å². The molecule has 1 aliphatic carbocycles. The molecule has 2 aromatic carbocycles. The van der Waals surface area contributed by atoms with E-state index in [1.807, 2.05) is 19.1 Å². The van der Waals surface area contributed by atoms with Crippen molar-refractivity contribution in [2.24, 2.45) is 0 Å². The maximum absolute atomic E-state index is 13.2. The van der Waals surface area contributed by atoms with E-state index in [1.165, 1.54) is 4.90 Å². The van der Waals surface area contributed by atoms with Crippen LogP contribution in [0.15, 0.2) is 48.5 Å². The van der Waals surface area contributed by atoms with Gasteiger partial charge >= 0.3 is 0 Å². The van der Waals surface area contributed by atoms with Gasteiger partial charge < -0.3 is 10.6 Å². The quantitative estimate of drug-likeness (QED) is 0.543. The van der Waals surface area contributed by atoms with Crippen LogP contribution in [-0.2, 0) is 25.2 Å². The van der Waals surface area contributed by atoms with Crippen LogP contribution in [0.4, 0.5) is 11.4 Å². The summed E-state index contributed by atoms with van der Waals surface area (Å²) >= 11 is 5.99. The van der Waals surface area contributed by atoms with Gasteiger partial charge in [-0.2, -0.15) is 0 Å². The van der Waals surface area contributed by atoms with E-state index in [0.29, 0.717) is 16.4 Å². The molecule has 0 aromatic heterocycles. The highest BCUT2D eigenvalue weighted by Gasteiger charge is 2.30. The maximum atomic E-state index is 13.2. The first kappa shape index (κ1) is 25.9. The van der Waals surface area contributed by atoms with E-state index in [9.17, 15) is 18.6 Å². The van der Waals surface area contributed by atoms with E-state index in [-0.39, 0.29) is 23.5 Å². The average molecular weight is 504 g/mol. The molecule has 0 bridgehead atoms. The third-order valence-electron chi connectivity index (χ3n) is 5.75. The summed E-state index contributed by atoms with van der Waals surface area (Å²) in [6.45, 7) is 3.58. The van der Waals surface area contributed by atoms with E-state index in [2.05, 4.69) is 10.6 Å². The molecule has 9 heteroatoms. The monoisotopic (exact) mass is 503 g/mol. The Kier molecular flexibility index (Phi) is 9.24. The summed E-state index contributed by atoms with van der Waals surface area (Å²) in [5, 5.41) is 6.20. The van der Waals surface area contributed by atoms with Crippen molar-refractivity contribution in [3.63, 3.8) is 0 Å². The van der Waals surface area contributed by atoms with Crippen molar-refractivity contribution in [3.8, 4) is 0 Å². The van der Waals surface area contributed by atoms with Crippen LogP contribution in [-0.4, -0.2) is 45.5 Å². The third-order valence-corrected chi connectivity index (χ3v) is 7.16. The number of carbonyl (C=O) groups is 3. The number of benzene rings is 2. The fourth-order valence-corrected chi connectivity index (χ4v) is 4.94. The lowest BCUT2D eigenvalue weighted by Crippen LogP contribution is -2.51. The van der Waals surface area contributed by atoms with Crippen LogP contribution < -0.4 is 15.5 Å². The van der Waals surface area contributed by atoms with Gasteiger partial charge in [-0.1, -0.05) is 42.1 Å². The molecule has 3 amide bonds. The zero-order valence-electron chi connectivity index (χ0n) is 19.4. The van der Waals surface area contributed by atoms with Crippen LogP contribution in [0.1, 0.15) is 38.2 Å². The van der Waals surface area contributed by atoms with Gasteiger partial charge in [0.2, 0.25) is 17.7 Å². The SMILES string of the molecule is Cc1ccc(NC(=O)C[S@](=O)CC(=O)N(c2ccc(Cl)cc2)[C@H](C)C(=O)NC2CCCC2)cc1. The third kappa shape index (κ3) is 7.40. The molecular weight excluding hydrogens is 474 g/mol. The second-order valence-corrected chi connectivity index (χ2v) is 10.4. The normalized spacial score (nSPS) is 15.4. The van der Waals surface area contributed by atoms with Crippen molar-refractivity contribution in [1.82, 2.24) is 5.32 Å². The molecule has 1 aliphatic rings.